The van der Waals surface area contributed by atoms with Crippen LogP contribution in [0.15, 0.2) is 16.6 Å². The molecular formula is C14H20BrClN2O2. The molecule has 0 saturated carbocycles. The van der Waals surface area contributed by atoms with Gasteiger partial charge in [0, 0.05) is 11.6 Å². The van der Waals surface area contributed by atoms with E-state index >= 15 is 0 Å². The van der Waals surface area contributed by atoms with Crippen molar-refractivity contribution in [1.29, 1.82) is 0 Å². The molecule has 1 aromatic rings. The molecular weight excluding hydrogens is 344 g/mol. The van der Waals surface area contributed by atoms with Gasteiger partial charge in [0.1, 0.15) is 0 Å². The summed E-state index contributed by atoms with van der Waals surface area (Å²) >= 11 is 9.20. The quantitative estimate of drug-likeness (QED) is 0.759. The maximum Gasteiger partial charge on any atom is 0.260 e. The Bertz CT molecular complexity index is 457. The number of rotatable bonds is 6. The van der Waals surface area contributed by atoms with Crippen molar-refractivity contribution in [3.8, 4) is 5.75 Å². The van der Waals surface area contributed by atoms with Crippen LogP contribution in [-0.2, 0) is 4.79 Å². The van der Waals surface area contributed by atoms with E-state index in [1.54, 1.807) is 19.1 Å². The number of nitrogens with one attached hydrogen (secondary N) is 1. The van der Waals surface area contributed by atoms with Crippen molar-refractivity contribution in [2.24, 2.45) is 5.92 Å². The average Bonchev–Trinajstić information content (AvgIpc) is 2.32. The Kier molecular flexibility index (Phi) is 6.62. The third-order valence-electron chi connectivity index (χ3n) is 2.72. The normalized spacial score (nSPS) is 12.3. The Labute approximate surface area is 133 Å². The summed E-state index contributed by atoms with van der Waals surface area (Å²) in [6, 6.07) is 3.27. The first-order valence-corrected chi connectivity index (χ1v) is 7.67. The fourth-order valence-electron chi connectivity index (χ4n) is 1.56. The summed E-state index contributed by atoms with van der Waals surface area (Å²) in [5.74, 6) is 0.820. The number of nitrogen functional groups attached to an aromatic ring is 1. The number of carbonyl (C=O) groups is 1. The Morgan fingerprint density at radius 2 is 2.10 bits per heavy atom. The second-order valence-electron chi connectivity index (χ2n) is 5.04. The van der Waals surface area contributed by atoms with E-state index in [1.807, 2.05) is 0 Å². The molecule has 1 atom stereocenters. The standard InChI is InChI=1S/C14H20BrClN2O2/c1-8(2)4-5-18-14(19)9(3)20-13-11(15)6-10(16)7-12(13)17/h6-9H,4-5,17H2,1-3H3,(H,18,19). The minimum absolute atomic E-state index is 0.160. The monoisotopic (exact) mass is 362 g/mol. The van der Waals surface area contributed by atoms with Gasteiger partial charge in [0.25, 0.3) is 5.91 Å². The Morgan fingerprint density at radius 3 is 2.65 bits per heavy atom. The maximum absolute atomic E-state index is 11.9. The van der Waals surface area contributed by atoms with Gasteiger partial charge in [-0.1, -0.05) is 25.4 Å². The molecule has 0 aliphatic heterocycles. The first-order valence-electron chi connectivity index (χ1n) is 6.50. The highest BCUT2D eigenvalue weighted by Gasteiger charge is 2.17. The van der Waals surface area contributed by atoms with Crippen LogP contribution in [0.5, 0.6) is 5.75 Å². The molecule has 0 aromatic heterocycles. The fourth-order valence-corrected chi connectivity index (χ4v) is 2.49. The molecule has 112 valence electrons. The van der Waals surface area contributed by atoms with Crippen LogP contribution in [0.3, 0.4) is 0 Å². The van der Waals surface area contributed by atoms with Crippen molar-refractivity contribution in [1.82, 2.24) is 5.32 Å². The van der Waals surface area contributed by atoms with Gasteiger partial charge in [0.15, 0.2) is 11.9 Å². The van der Waals surface area contributed by atoms with Crippen molar-refractivity contribution in [3.05, 3.63) is 21.6 Å². The molecule has 20 heavy (non-hydrogen) atoms. The molecule has 1 amide bonds. The van der Waals surface area contributed by atoms with Crippen molar-refractivity contribution in [3.63, 3.8) is 0 Å². The number of carbonyl (C=O) groups excluding carboxylic acids is 1. The zero-order valence-electron chi connectivity index (χ0n) is 11.9. The molecule has 6 heteroatoms. The first kappa shape index (κ1) is 17.1. The second-order valence-corrected chi connectivity index (χ2v) is 6.33. The van der Waals surface area contributed by atoms with Crippen LogP contribution < -0.4 is 15.8 Å². The highest BCUT2D eigenvalue weighted by molar-refractivity contribution is 9.10. The van der Waals surface area contributed by atoms with Gasteiger partial charge in [-0.05, 0) is 47.3 Å². The van der Waals surface area contributed by atoms with E-state index < -0.39 is 6.10 Å². The van der Waals surface area contributed by atoms with Crippen molar-refractivity contribution < 1.29 is 9.53 Å². The Morgan fingerprint density at radius 1 is 1.45 bits per heavy atom. The molecule has 0 aliphatic carbocycles. The van der Waals surface area contributed by atoms with Crippen LogP contribution in [0.25, 0.3) is 0 Å². The van der Waals surface area contributed by atoms with Crippen LogP contribution in [0, 0.1) is 5.92 Å². The molecule has 4 nitrogen and oxygen atoms in total. The third kappa shape index (κ3) is 5.21. The maximum atomic E-state index is 11.9. The van der Waals surface area contributed by atoms with Crippen molar-refractivity contribution in [2.45, 2.75) is 33.3 Å². The summed E-state index contributed by atoms with van der Waals surface area (Å²) in [5.41, 5.74) is 6.23. The lowest BCUT2D eigenvalue weighted by Crippen LogP contribution is -2.37. The lowest BCUT2D eigenvalue weighted by atomic mass is 10.1. The predicted octanol–water partition coefficient (Wildman–Crippen LogP) is 3.61. The third-order valence-corrected chi connectivity index (χ3v) is 3.53. The molecule has 0 fully saturated rings. The number of amides is 1. The van der Waals surface area contributed by atoms with Crippen molar-refractivity contribution in [2.75, 3.05) is 12.3 Å². The van der Waals surface area contributed by atoms with Gasteiger partial charge < -0.3 is 15.8 Å². The average molecular weight is 364 g/mol. The summed E-state index contributed by atoms with van der Waals surface area (Å²) < 4.78 is 6.24. The van der Waals surface area contributed by atoms with Crippen molar-refractivity contribution >= 4 is 39.1 Å². The molecule has 0 aliphatic rings. The summed E-state index contributed by atoms with van der Waals surface area (Å²) in [4.78, 5) is 11.9. The zero-order chi connectivity index (χ0) is 15.3. The molecule has 3 N–H and O–H groups in total. The van der Waals surface area contributed by atoms with Crippen LogP contribution >= 0.6 is 27.5 Å². The molecule has 0 saturated heterocycles. The minimum atomic E-state index is -0.623. The summed E-state index contributed by atoms with van der Waals surface area (Å²) in [6.45, 7) is 6.54. The number of benzene rings is 1. The van der Waals surface area contributed by atoms with Gasteiger partial charge in [0.2, 0.25) is 0 Å². The number of hydrogen-bond donors (Lipinski definition) is 2. The van der Waals surface area contributed by atoms with E-state index in [1.165, 1.54) is 0 Å². The molecule has 0 radical (unpaired) electrons. The molecule has 1 rings (SSSR count). The Balaban J connectivity index is 2.62. The van der Waals surface area contributed by atoms with Gasteiger partial charge in [-0.25, -0.2) is 0 Å². The smallest absolute Gasteiger partial charge is 0.260 e. The largest absolute Gasteiger partial charge is 0.478 e. The number of anilines is 1. The lowest BCUT2D eigenvalue weighted by Gasteiger charge is -2.17. The Hall–Kier alpha value is -0.940. The topological polar surface area (TPSA) is 64.3 Å². The number of ether oxygens (including phenoxy) is 1. The second kappa shape index (κ2) is 7.74. The van der Waals surface area contributed by atoms with Gasteiger partial charge in [-0.2, -0.15) is 0 Å². The molecule has 1 aromatic carbocycles. The zero-order valence-corrected chi connectivity index (χ0v) is 14.2. The SMILES string of the molecule is CC(C)CCNC(=O)C(C)Oc1c(N)cc(Cl)cc1Br. The van der Waals surface area contributed by atoms with Gasteiger partial charge >= 0.3 is 0 Å². The van der Waals surface area contributed by atoms with E-state index in [2.05, 4.69) is 35.1 Å². The molecule has 0 bridgehead atoms. The number of halogens is 2. The summed E-state index contributed by atoms with van der Waals surface area (Å²) in [7, 11) is 0. The van der Waals surface area contributed by atoms with Gasteiger partial charge in [-0.15, -0.1) is 0 Å². The predicted molar refractivity (Wildman–Crippen MR) is 86.1 cm³/mol. The minimum Gasteiger partial charge on any atom is -0.478 e. The summed E-state index contributed by atoms with van der Waals surface area (Å²) in [6.07, 6.45) is 0.313. The molecule has 1 unspecified atom stereocenters. The van der Waals surface area contributed by atoms with Crippen LogP contribution in [-0.4, -0.2) is 18.6 Å². The number of nitrogens with two attached hydrogens (primary N) is 1. The molecule has 0 spiro atoms. The fraction of sp³-hybridized carbons (Fsp3) is 0.500. The van der Waals surface area contributed by atoms with E-state index in [0.29, 0.717) is 33.4 Å². The van der Waals surface area contributed by atoms with Gasteiger partial charge in [0.05, 0.1) is 10.2 Å². The highest BCUT2D eigenvalue weighted by atomic mass is 79.9. The van der Waals surface area contributed by atoms with Gasteiger partial charge in [-0.3, -0.25) is 4.79 Å². The van der Waals surface area contributed by atoms with E-state index in [-0.39, 0.29) is 5.91 Å². The molecule has 0 heterocycles. The lowest BCUT2D eigenvalue weighted by molar-refractivity contribution is -0.127. The highest BCUT2D eigenvalue weighted by Crippen LogP contribution is 2.35. The van der Waals surface area contributed by atoms with E-state index in [9.17, 15) is 4.79 Å². The number of hydrogen-bond acceptors (Lipinski definition) is 3. The first-order chi connectivity index (χ1) is 9.31. The van der Waals surface area contributed by atoms with Crippen LogP contribution in [0.1, 0.15) is 27.2 Å². The van der Waals surface area contributed by atoms with E-state index in [0.717, 1.165) is 6.42 Å². The summed E-state index contributed by atoms with van der Waals surface area (Å²) in [5, 5.41) is 3.35. The van der Waals surface area contributed by atoms with E-state index in [4.69, 9.17) is 22.1 Å². The van der Waals surface area contributed by atoms with Crippen LogP contribution in [0.4, 0.5) is 5.69 Å². The van der Waals surface area contributed by atoms with Crippen LogP contribution in [0.2, 0.25) is 5.02 Å².